The van der Waals surface area contributed by atoms with Crippen LogP contribution in [-0.4, -0.2) is 24.5 Å². The Labute approximate surface area is 76.5 Å². The number of carbonyl (C=O) groups excluding carboxylic acids is 2. The van der Waals surface area contributed by atoms with Crippen LogP contribution < -0.4 is 0 Å². The van der Waals surface area contributed by atoms with E-state index in [1.54, 1.807) is 20.8 Å². The molecule has 0 saturated heterocycles. The van der Waals surface area contributed by atoms with Gasteiger partial charge in [0.1, 0.15) is 11.3 Å². The first-order valence-corrected chi connectivity index (χ1v) is 4.16. The lowest BCUT2D eigenvalue weighted by molar-refractivity contribution is -0.140. The second-order valence-electron chi connectivity index (χ2n) is 2.78. The van der Waals surface area contributed by atoms with Gasteiger partial charge in [0.05, 0.1) is 6.61 Å². The summed E-state index contributed by atoms with van der Waals surface area (Å²) in [5.41, 5.74) is 0.0503. The summed E-state index contributed by atoms with van der Waals surface area (Å²) in [6.07, 6.45) is -0.556. The van der Waals surface area contributed by atoms with Crippen molar-refractivity contribution in [2.75, 3.05) is 6.61 Å². The van der Waals surface area contributed by atoms with Crippen molar-refractivity contribution >= 4 is 11.8 Å². The smallest absolute Gasteiger partial charge is 0.345 e. The highest BCUT2D eigenvalue weighted by atomic mass is 16.5. The van der Waals surface area contributed by atoms with Crippen molar-refractivity contribution in [3.63, 3.8) is 0 Å². The first-order valence-electron chi connectivity index (χ1n) is 4.16. The van der Waals surface area contributed by atoms with Crippen molar-refractivity contribution in [1.82, 2.24) is 0 Å². The normalized spacial score (nSPS) is 21.8. The third-order valence-electron chi connectivity index (χ3n) is 1.80. The van der Waals surface area contributed by atoms with E-state index >= 15 is 0 Å². The number of rotatable bonds is 2. The standard InChI is InChI=1S/C9H12O4/c1-4-12-9(11)7-5(2)13-6(3)8(7)10/h6H,4H2,1-3H3. The van der Waals surface area contributed by atoms with E-state index in [-0.39, 0.29) is 18.0 Å². The molecule has 13 heavy (non-hydrogen) atoms. The van der Waals surface area contributed by atoms with Gasteiger partial charge in [-0.3, -0.25) is 4.79 Å². The molecule has 0 aromatic heterocycles. The Balaban J connectivity index is 2.84. The third-order valence-corrected chi connectivity index (χ3v) is 1.80. The summed E-state index contributed by atoms with van der Waals surface area (Å²) in [6.45, 7) is 5.15. The molecular weight excluding hydrogens is 172 g/mol. The summed E-state index contributed by atoms with van der Waals surface area (Å²) in [5, 5.41) is 0. The van der Waals surface area contributed by atoms with E-state index in [0.29, 0.717) is 5.76 Å². The molecule has 0 aromatic carbocycles. The van der Waals surface area contributed by atoms with E-state index in [1.807, 2.05) is 0 Å². The van der Waals surface area contributed by atoms with Gasteiger partial charge in [-0.25, -0.2) is 4.79 Å². The fraction of sp³-hybridized carbons (Fsp3) is 0.556. The van der Waals surface area contributed by atoms with Crippen molar-refractivity contribution in [3.05, 3.63) is 11.3 Å². The second-order valence-corrected chi connectivity index (χ2v) is 2.78. The number of allylic oxidation sites excluding steroid dienone is 1. The van der Waals surface area contributed by atoms with Crippen LogP contribution in [0.5, 0.6) is 0 Å². The lowest BCUT2D eigenvalue weighted by atomic mass is 10.1. The van der Waals surface area contributed by atoms with Crippen molar-refractivity contribution in [2.45, 2.75) is 26.9 Å². The van der Waals surface area contributed by atoms with E-state index in [9.17, 15) is 9.59 Å². The molecule has 1 aliphatic rings. The van der Waals surface area contributed by atoms with Crippen LogP contribution in [0, 0.1) is 0 Å². The lowest BCUT2D eigenvalue weighted by Gasteiger charge is -2.00. The maximum Gasteiger partial charge on any atom is 0.345 e. The van der Waals surface area contributed by atoms with Crippen molar-refractivity contribution in [1.29, 1.82) is 0 Å². The Morgan fingerprint density at radius 1 is 1.62 bits per heavy atom. The molecule has 1 unspecified atom stereocenters. The topological polar surface area (TPSA) is 52.6 Å². The number of esters is 1. The van der Waals surface area contributed by atoms with Gasteiger partial charge >= 0.3 is 5.97 Å². The largest absolute Gasteiger partial charge is 0.486 e. The average molecular weight is 184 g/mol. The van der Waals surface area contributed by atoms with Gasteiger partial charge in [0.15, 0.2) is 6.10 Å². The monoisotopic (exact) mass is 184 g/mol. The molecule has 0 fully saturated rings. The van der Waals surface area contributed by atoms with Crippen LogP contribution >= 0.6 is 0 Å². The predicted molar refractivity (Wildman–Crippen MR) is 44.9 cm³/mol. The van der Waals surface area contributed by atoms with Crippen LogP contribution in [0.3, 0.4) is 0 Å². The molecule has 1 heterocycles. The van der Waals surface area contributed by atoms with Gasteiger partial charge in [-0.1, -0.05) is 0 Å². The maximum absolute atomic E-state index is 11.3. The van der Waals surface area contributed by atoms with E-state index in [0.717, 1.165) is 0 Å². The molecule has 0 spiro atoms. The first-order chi connectivity index (χ1) is 6.07. The van der Waals surface area contributed by atoms with Gasteiger partial charge in [0.2, 0.25) is 5.78 Å². The fourth-order valence-corrected chi connectivity index (χ4v) is 1.20. The number of hydrogen-bond donors (Lipinski definition) is 0. The Bertz CT molecular complexity index is 277. The molecule has 1 aliphatic heterocycles. The Hall–Kier alpha value is -1.32. The fourth-order valence-electron chi connectivity index (χ4n) is 1.20. The Morgan fingerprint density at radius 3 is 2.62 bits per heavy atom. The van der Waals surface area contributed by atoms with Gasteiger partial charge < -0.3 is 9.47 Å². The Kier molecular flexibility index (Phi) is 2.70. The molecule has 0 N–H and O–H groups in total. The highest BCUT2D eigenvalue weighted by Crippen LogP contribution is 2.21. The number of ether oxygens (including phenoxy) is 2. The van der Waals surface area contributed by atoms with Crippen molar-refractivity contribution in [2.24, 2.45) is 0 Å². The number of Topliss-reactive ketones (excluding diaryl/α,β-unsaturated/α-hetero) is 1. The molecule has 1 atom stereocenters. The molecule has 0 amide bonds. The zero-order chi connectivity index (χ0) is 10.0. The molecule has 0 bridgehead atoms. The van der Waals surface area contributed by atoms with Gasteiger partial charge in [0.25, 0.3) is 0 Å². The number of hydrogen-bond acceptors (Lipinski definition) is 4. The zero-order valence-electron chi connectivity index (χ0n) is 7.92. The van der Waals surface area contributed by atoms with Crippen molar-refractivity contribution < 1.29 is 19.1 Å². The Morgan fingerprint density at radius 2 is 2.23 bits per heavy atom. The molecule has 0 saturated carbocycles. The van der Waals surface area contributed by atoms with E-state index in [4.69, 9.17) is 9.47 Å². The van der Waals surface area contributed by atoms with E-state index in [2.05, 4.69) is 0 Å². The number of carbonyl (C=O) groups is 2. The minimum atomic E-state index is -0.589. The average Bonchev–Trinajstić information content (AvgIpc) is 2.27. The summed E-state index contributed by atoms with van der Waals surface area (Å²) in [5.74, 6) is -0.527. The second kappa shape index (κ2) is 3.60. The summed E-state index contributed by atoms with van der Waals surface area (Å²) in [6, 6.07) is 0. The molecule has 4 nitrogen and oxygen atoms in total. The third kappa shape index (κ3) is 1.71. The SMILES string of the molecule is CCOC(=O)C1=C(C)OC(C)C1=O. The van der Waals surface area contributed by atoms with Crippen LogP contribution in [0.15, 0.2) is 11.3 Å². The van der Waals surface area contributed by atoms with Gasteiger partial charge in [-0.05, 0) is 20.8 Å². The highest BCUT2D eigenvalue weighted by Gasteiger charge is 2.34. The minimum absolute atomic E-state index is 0.0503. The minimum Gasteiger partial charge on any atom is -0.486 e. The zero-order valence-corrected chi connectivity index (χ0v) is 7.92. The van der Waals surface area contributed by atoms with Crippen LogP contribution in [0.1, 0.15) is 20.8 Å². The molecule has 4 heteroatoms. The first kappa shape index (κ1) is 9.77. The van der Waals surface area contributed by atoms with Crippen LogP contribution in [-0.2, 0) is 19.1 Å². The van der Waals surface area contributed by atoms with Crippen LogP contribution in [0.4, 0.5) is 0 Å². The molecule has 72 valence electrons. The van der Waals surface area contributed by atoms with Crippen LogP contribution in [0.25, 0.3) is 0 Å². The van der Waals surface area contributed by atoms with E-state index in [1.165, 1.54) is 0 Å². The van der Waals surface area contributed by atoms with Crippen molar-refractivity contribution in [3.8, 4) is 0 Å². The summed E-state index contributed by atoms with van der Waals surface area (Å²) < 4.78 is 9.80. The molecule has 1 rings (SSSR count). The molecular formula is C9H12O4. The molecule has 0 radical (unpaired) electrons. The van der Waals surface area contributed by atoms with Gasteiger partial charge in [-0.2, -0.15) is 0 Å². The van der Waals surface area contributed by atoms with Gasteiger partial charge in [-0.15, -0.1) is 0 Å². The summed E-state index contributed by atoms with van der Waals surface area (Å²) in [7, 11) is 0. The van der Waals surface area contributed by atoms with E-state index < -0.39 is 12.1 Å². The highest BCUT2D eigenvalue weighted by molar-refractivity contribution is 6.20. The maximum atomic E-state index is 11.3. The summed E-state index contributed by atoms with van der Waals surface area (Å²) in [4.78, 5) is 22.6. The van der Waals surface area contributed by atoms with Crippen LogP contribution in [0.2, 0.25) is 0 Å². The van der Waals surface area contributed by atoms with Gasteiger partial charge in [0, 0.05) is 0 Å². The lowest BCUT2D eigenvalue weighted by Crippen LogP contribution is -2.19. The quantitative estimate of drug-likeness (QED) is 0.470. The molecule has 0 aliphatic carbocycles. The summed E-state index contributed by atoms with van der Waals surface area (Å²) >= 11 is 0. The molecule has 0 aromatic rings. The predicted octanol–water partition coefficient (Wildman–Crippen LogP) is 0.811. The number of ketones is 1.